The number of carbonyl (C=O) groups excluding carboxylic acids is 2. The van der Waals surface area contributed by atoms with E-state index < -0.39 is 0 Å². The third kappa shape index (κ3) is 4.19. The number of thiazole rings is 1. The highest BCUT2D eigenvalue weighted by Crippen LogP contribution is 2.71. The molecule has 2 aromatic rings. The van der Waals surface area contributed by atoms with Crippen LogP contribution in [0, 0.1) is 35.0 Å². The van der Waals surface area contributed by atoms with E-state index >= 15 is 0 Å². The molecular weight excluding hydrogens is 510 g/mol. The first-order chi connectivity index (χ1) is 16.0. The number of benzene rings is 1. The Hall–Kier alpha value is -1.53. The molecule has 0 radical (unpaired) electrons. The zero-order valence-corrected chi connectivity index (χ0v) is 23.1. The molecule has 0 amide bonds. The highest BCUT2D eigenvalue weighted by Gasteiger charge is 2.65. The van der Waals surface area contributed by atoms with Crippen LogP contribution in [0.2, 0.25) is 0 Å². The molecule has 4 nitrogen and oxygen atoms in total. The van der Waals surface area contributed by atoms with Crippen molar-refractivity contribution >= 4 is 39.0 Å². The van der Waals surface area contributed by atoms with E-state index in [9.17, 15) is 9.59 Å². The SMILES string of the molecule is Cc1c(CCOC(=O)C23CC4CC(C)(C2)CC(C)(C3)C4C)sc[n+]1CC(=O)c1ccc(Br)cc1. The number of ketones is 1. The number of nitrogens with zero attached hydrogens (tertiary/aromatic N) is 1. The number of esters is 1. The fourth-order valence-corrected chi connectivity index (χ4v) is 9.08. The quantitative estimate of drug-likeness (QED) is 0.233. The topological polar surface area (TPSA) is 47.2 Å². The Morgan fingerprint density at radius 3 is 2.59 bits per heavy atom. The second-order valence-corrected chi connectivity index (χ2v) is 13.8. The van der Waals surface area contributed by atoms with E-state index in [0.29, 0.717) is 42.4 Å². The molecule has 4 saturated carbocycles. The van der Waals surface area contributed by atoms with Gasteiger partial charge < -0.3 is 4.74 Å². The number of halogens is 1. The maximum absolute atomic E-state index is 13.4. The van der Waals surface area contributed by atoms with Gasteiger partial charge in [0.15, 0.2) is 5.69 Å². The minimum atomic E-state index is -0.279. The monoisotopic (exact) mass is 544 g/mol. The average Bonchev–Trinajstić information content (AvgIpc) is 3.10. The highest BCUT2D eigenvalue weighted by molar-refractivity contribution is 9.10. The van der Waals surface area contributed by atoms with Crippen LogP contribution in [0.4, 0.5) is 0 Å². The number of aromatic nitrogens is 1. The average molecular weight is 546 g/mol. The van der Waals surface area contributed by atoms with Gasteiger partial charge in [0, 0.05) is 23.4 Å². The first kappa shape index (κ1) is 24.2. The Labute approximate surface area is 215 Å². The lowest BCUT2D eigenvalue weighted by Gasteiger charge is -2.67. The van der Waals surface area contributed by atoms with Crippen molar-refractivity contribution in [2.75, 3.05) is 6.61 Å². The molecule has 4 fully saturated rings. The molecular formula is C28H35BrNO3S+. The Morgan fingerprint density at radius 2 is 1.88 bits per heavy atom. The zero-order chi connectivity index (χ0) is 24.3. The van der Waals surface area contributed by atoms with Gasteiger partial charge >= 0.3 is 5.97 Å². The van der Waals surface area contributed by atoms with Crippen LogP contribution in [-0.4, -0.2) is 18.4 Å². The van der Waals surface area contributed by atoms with Gasteiger partial charge in [0.2, 0.25) is 17.8 Å². The van der Waals surface area contributed by atoms with Gasteiger partial charge in [-0.15, -0.1) is 0 Å². The normalized spacial score (nSPS) is 33.8. The van der Waals surface area contributed by atoms with E-state index in [1.807, 2.05) is 41.3 Å². The Balaban J connectivity index is 1.20. The number of carbonyl (C=O) groups is 2. The first-order valence-corrected chi connectivity index (χ1v) is 14.1. The predicted octanol–water partition coefficient (Wildman–Crippen LogP) is 6.32. The van der Waals surface area contributed by atoms with Crippen LogP contribution in [0.5, 0.6) is 0 Å². The maximum atomic E-state index is 13.4. The van der Waals surface area contributed by atoms with E-state index in [4.69, 9.17) is 4.74 Å². The fraction of sp³-hybridized carbons (Fsp3) is 0.607. The molecule has 5 atom stereocenters. The second-order valence-electron chi connectivity index (χ2n) is 11.9. The van der Waals surface area contributed by atoms with E-state index in [1.54, 1.807) is 11.3 Å². The van der Waals surface area contributed by atoms with Crippen LogP contribution in [-0.2, 0) is 22.5 Å². The van der Waals surface area contributed by atoms with Crippen molar-refractivity contribution in [3.63, 3.8) is 0 Å². The highest BCUT2D eigenvalue weighted by atomic mass is 79.9. The van der Waals surface area contributed by atoms with Crippen molar-refractivity contribution in [1.29, 1.82) is 0 Å². The van der Waals surface area contributed by atoms with Gasteiger partial charge in [-0.05, 0) is 66.9 Å². The van der Waals surface area contributed by atoms with Crippen LogP contribution >= 0.6 is 27.3 Å². The van der Waals surface area contributed by atoms with Gasteiger partial charge in [-0.2, -0.15) is 4.57 Å². The summed E-state index contributed by atoms with van der Waals surface area (Å²) in [4.78, 5) is 27.3. The predicted molar refractivity (Wildman–Crippen MR) is 137 cm³/mol. The second kappa shape index (κ2) is 8.55. The van der Waals surface area contributed by atoms with Gasteiger partial charge in [0.1, 0.15) is 0 Å². The molecule has 1 aromatic carbocycles. The summed E-state index contributed by atoms with van der Waals surface area (Å²) < 4.78 is 8.94. The van der Waals surface area contributed by atoms with Crippen molar-refractivity contribution < 1.29 is 18.9 Å². The number of ether oxygens (including phenoxy) is 1. The van der Waals surface area contributed by atoms with Gasteiger partial charge in [-0.3, -0.25) is 9.59 Å². The molecule has 1 aromatic heterocycles. The molecule has 0 spiro atoms. The molecule has 4 aliphatic rings. The van der Waals surface area contributed by atoms with Crippen LogP contribution in [0.1, 0.15) is 73.8 Å². The molecule has 0 N–H and O–H groups in total. The number of hydrogen-bond acceptors (Lipinski definition) is 4. The van der Waals surface area contributed by atoms with Crippen molar-refractivity contribution in [2.45, 2.75) is 72.8 Å². The number of rotatable bonds is 7. The Bertz CT molecular complexity index is 1130. The summed E-state index contributed by atoms with van der Waals surface area (Å²) in [7, 11) is 0. The zero-order valence-electron chi connectivity index (χ0n) is 20.7. The van der Waals surface area contributed by atoms with Crippen LogP contribution in [0.3, 0.4) is 0 Å². The van der Waals surface area contributed by atoms with E-state index in [0.717, 1.165) is 29.4 Å². The van der Waals surface area contributed by atoms with Crippen molar-refractivity contribution in [3.05, 3.63) is 50.4 Å². The minimum absolute atomic E-state index is 0.0359. The molecule has 1 heterocycles. The fourth-order valence-electron chi connectivity index (χ4n) is 7.84. The lowest BCUT2D eigenvalue weighted by Crippen LogP contribution is -2.61. The van der Waals surface area contributed by atoms with Gasteiger partial charge in [-0.1, -0.05) is 60.2 Å². The molecule has 0 aliphatic heterocycles. The van der Waals surface area contributed by atoms with Crippen molar-refractivity contribution in [2.24, 2.45) is 28.1 Å². The van der Waals surface area contributed by atoms with E-state index in [2.05, 4.69) is 36.7 Å². The molecule has 4 aliphatic carbocycles. The van der Waals surface area contributed by atoms with Gasteiger partial charge in [0.05, 0.1) is 16.9 Å². The van der Waals surface area contributed by atoms with Crippen LogP contribution in [0.25, 0.3) is 0 Å². The number of Topliss-reactive ketones (excluding diaryl/α,β-unsaturated/α-hetero) is 1. The summed E-state index contributed by atoms with van der Waals surface area (Å²) in [5.41, 5.74) is 4.08. The summed E-state index contributed by atoms with van der Waals surface area (Å²) in [6.45, 7) is 9.99. The molecule has 34 heavy (non-hydrogen) atoms. The Morgan fingerprint density at radius 1 is 1.15 bits per heavy atom. The largest absolute Gasteiger partial charge is 0.465 e. The third-order valence-corrected chi connectivity index (χ3v) is 10.9. The lowest BCUT2D eigenvalue weighted by atomic mass is 9.37. The van der Waals surface area contributed by atoms with Gasteiger partial charge in [-0.25, -0.2) is 0 Å². The van der Waals surface area contributed by atoms with E-state index in [-0.39, 0.29) is 22.6 Å². The maximum Gasteiger partial charge on any atom is 0.312 e. The molecule has 5 unspecified atom stereocenters. The summed E-state index contributed by atoms with van der Waals surface area (Å²) in [5.74, 6) is 1.48. The molecule has 6 rings (SSSR count). The van der Waals surface area contributed by atoms with Crippen LogP contribution in [0.15, 0.2) is 34.2 Å². The minimum Gasteiger partial charge on any atom is -0.465 e. The smallest absolute Gasteiger partial charge is 0.312 e. The lowest BCUT2D eigenvalue weighted by molar-refractivity contribution is -0.684. The summed E-state index contributed by atoms with van der Waals surface area (Å²) in [6.07, 6.45) is 6.21. The first-order valence-electron chi connectivity index (χ1n) is 12.5. The van der Waals surface area contributed by atoms with E-state index in [1.165, 1.54) is 17.7 Å². The van der Waals surface area contributed by atoms with Crippen molar-refractivity contribution in [3.8, 4) is 0 Å². The van der Waals surface area contributed by atoms with Crippen LogP contribution < -0.4 is 4.57 Å². The summed E-state index contributed by atoms with van der Waals surface area (Å²) >= 11 is 5.05. The summed E-state index contributed by atoms with van der Waals surface area (Å²) in [6, 6.07) is 7.48. The summed E-state index contributed by atoms with van der Waals surface area (Å²) in [5, 5.41) is 0. The standard InChI is InChI=1S/C28H35BrNO3S/c1-18-21-11-26(3)14-27(18,4)16-28(12-21,15-26)25(32)33-10-9-24-19(2)30(17-34-24)13-23(31)20-5-7-22(29)8-6-20/h5-8,17-18,21H,9-16H2,1-4H3/q+1. The third-order valence-electron chi connectivity index (χ3n) is 9.18. The molecule has 6 heteroatoms. The molecule has 4 bridgehead atoms. The van der Waals surface area contributed by atoms with Crippen molar-refractivity contribution in [1.82, 2.24) is 0 Å². The number of hydrogen-bond donors (Lipinski definition) is 0. The molecule has 182 valence electrons. The van der Waals surface area contributed by atoms with Gasteiger partial charge in [0.25, 0.3) is 0 Å². The Kier molecular flexibility index (Phi) is 6.08. The molecule has 0 saturated heterocycles.